The number of aromatic nitrogens is 2. The molecular formula is C20H27FN6O2S. The molecule has 1 spiro atoms. The predicted molar refractivity (Wildman–Crippen MR) is 114 cm³/mol. The Bertz CT molecular complexity index is 1050. The highest BCUT2D eigenvalue weighted by Crippen LogP contribution is 2.48. The summed E-state index contributed by atoms with van der Waals surface area (Å²) in [4.78, 5) is 10.5. The molecule has 1 saturated heterocycles. The standard InChI is InChI=1S/C20H27FN6O2S/c1-13-15(6-14-4-5-24-19(18(14)21)26-30(28,29)22-2)9-23-10-17(13)25-16-7-20(8-16)11-27(3)12-20/h4-5,9-10,16,22,25H,6-8,11-12H2,1-3H3,(H,24,26). The van der Waals surface area contributed by atoms with Crippen LogP contribution in [0, 0.1) is 18.2 Å². The number of hydrogen-bond donors (Lipinski definition) is 3. The number of hydrogen-bond acceptors (Lipinski definition) is 6. The minimum absolute atomic E-state index is 0.288. The Hall–Kier alpha value is -2.30. The lowest BCUT2D eigenvalue weighted by molar-refractivity contribution is -0.0513. The van der Waals surface area contributed by atoms with Crippen LogP contribution in [0.4, 0.5) is 15.9 Å². The molecule has 0 radical (unpaired) electrons. The van der Waals surface area contributed by atoms with Crippen LogP contribution in [-0.4, -0.2) is 56.5 Å². The van der Waals surface area contributed by atoms with Crippen LogP contribution in [0.2, 0.25) is 0 Å². The summed E-state index contributed by atoms with van der Waals surface area (Å²) in [5.41, 5.74) is 3.70. The van der Waals surface area contributed by atoms with E-state index in [1.165, 1.54) is 26.3 Å². The minimum atomic E-state index is -3.85. The number of pyridine rings is 2. The summed E-state index contributed by atoms with van der Waals surface area (Å²) in [6.45, 7) is 4.33. The SMILES string of the molecule is CNS(=O)(=O)Nc1nccc(Cc2cncc(NC3CC4(C3)CN(C)C4)c2C)c1F. The fourth-order valence-corrected chi connectivity index (χ4v) is 5.13. The van der Waals surface area contributed by atoms with Crippen molar-refractivity contribution in [1.82, 2.24) is 19.6 Å². The Morgan fingerprint density at radius 2 is 2.00 bits per heavy atom. The Balaban J connectivity index is 1.47. The smallest absolute Gasteiger partial charge is 0.300 e. The summed E-state index contributed by atoms with van der Waals surface area (Å²) in [6, 6.07) is 1.99. The highest BCUT2D eigenvalue weighted by molar-refractivity contribution is 7.90. The number of rotatable bonds is 7. The van der Waals surface area contributed by atoms with E-state index in [1.807, 2.05) is 13.1 Å². The highest BCUT2D eigenvalue weighted by Gasteiger charge is 2.51. The molecule has 10 heteroatoms. The largest absolute Gasteiger partial charge is 0.381 e. The van der Waals surface area contributed by atoms with E-state index in [1.54, 1.807) is 12.3 Å². The van der Waals surface area contributed by atoms with E-state index in [9.17, 15) is 12.8 Å². The summed E-state index contributed by atoms with van der Waals surface area (Å²) >= 11 is 0. The maximum Gasteiger partial charge on any atom is 0.300 e. The second kappa shape index (κ2) is 7.75. The van der Waals surface area contributed by atoms with Crippen LogP contribution in [-0.2, 0) is 16.6 Å². The zero-order valence-electron chi connectivity index (χ0n) is 17.4. The van der Waals surface area contributed by atoms with Gasteiger partial charge in [0, 0.05) is 45.0 Å². The van der Waals surface area contributed by atoms with Gasteiger partial charge in [0.2, 0.25) is 0 Å². The topological polar surface area (TPSA) is 99.2 Å². The molecule has 0 atom stereocenters. The summed E-state index contributed by atoms with van der Waals surface area (Å²) in [7, 11) is -0.457. The monoisotopic (exact) mass is 434 g/mol. The van der Waals surface area contributed by atoms with Gasteiger partial charge in [-0.1, -0.05) is 0 Å². The first kappa shape index (κ1) is 21.0. The summed E-state index contributed by atoms with van der Waals surface area (Å²) in [5, 5.41) is 3.59. The van der Waals surface area contributed by atoms with Crippen molar-refractivity contribution in [2.24, 2.45) is 5.41 Å². The second-order valence-corrected chi connectivity index (χ2v) is 10.1. The minimum Gasteiger partial charge on any atom is -0.381 e. The summed E-state index contributed by atoms with van der Waals surface area (Å²) < 4.78 is 42.3. The average Bonchev–Trinajstić information content (AvgIpc) is 2.65. The Kier molecular flexibility index (Phi) is 5.41. The maximum absolute atomic E-state index is 14.8. The number of nitrogens with zero attached hydrogens (tertiary/aromatic N) is 3. The van der Waals surface area contributed by atoms with E-state index < -0.39 is 16.0 Å². The maximum atomic E-state index is 14.8. The van der Waals surface area contributed by atoms with Crippen LogP contribution in [0.25, 0.3) is 0 Å². The normalized spacial score (nSPS) is 18.7. The lowest BCUT2D eigenvalue weighted by Gasteiger charge is -2.58. The van der Waals surface area contributed by atoms with Crippen molar-refractivity contribution >= 4 is 21.7 Å². The van der Waals surface area contributed by atoms with Gasteiger partial charge in [-0.05, 0) is 55.0 Å². The molecule has 30 heavy (non-hydrogen) atoms. The molecule has 2 aromatic rings. The van der Waals surface area contributed by atoms with Crippen molar-refractivity contribution in [3.63, 3.8) is 0 Å². The number of anilines is 2. The lowest BCUT2D eigenvalue weighted by atomic mass is 9.61. The third-order valence-electron chi connectivity index (χ3n) is 6.10. The second-order valence-electron chi connectivity index (χ2n) is 8.51. The third kappa shape index (κ3) is 4.12. The van der Waals surface area contributed by atoms with Gasteiger partial charge in [-0.25, -0.2) is 14.1 Å². The average molecular weight is 435 g/mol. The Morgan fingerprint density at radius 3 is 2.67 bits per heavy atom. The molecule has 2 aliphatic rings. The van der Waals surface area contributed by atoms with Crippen LogP contribution in [0.1, 0.15) is 29.5 Å². The molecule has 4 rings (SSSR count). The van der Waals surface area contributed by atoms with Crippen molar-refractivity contribution < 1.29 is 12.8 Å². The Morgan fingerprint density at radius 1 is 1.27 bits per heavy atom. The summed E-state index contributed by atoms with van der Waals surface area (Å²) in [6.07, 6.45) is 7.54. The predicted octanol–water partition coefficient (Wildman–Crippen LogP) is 1.90. The molecule has 2 aromatic heterocycles. The van der Waals surface area contributed by atoms with Crippen molar-refractivity contribution in [1.29, 1.82) is 0 Å². The van der Waals surface area contributed by atoms with Crippen LogP contribution in [0.3, 0.4) is 0 Å². The quantitative estimate of drug-likeness (QED) is 0.616. The van der Waals surface area contributed by atoms with Crippen LogP contribution >= 0.6 is 0 Å². The fourth-order valence-electron chi connectivity index (χ4n) is 4.63. The number of likely N-dealkylation sites (tertiary alicyclic amines) is 1. The molecular weight excluding hydrogens is 407 g/mol. The van der Waals surface area contributed by atoms with E-state index in [-0.39, 0.29) is 12.2 Å². The summed E-state index contributed by atoms with van der Waals surface area (Å²) in [5.74, 6) is -1.02. The van der Waals surface area contributed by atoms with E-state index in [0.29, 0.717) is 17.0 Å². The van der Waals surface area contributed by atoms with E-state index in [0.717, 1.165) is 29.7 Å². The molecule has 3 N–H and O–H groups in total. The van der Waals surface area contributed by atoms with Crippen LogP contribution in [0.5, 0.6) is 0 Å². The fraction of sp³-hybridized carbons (Fsp3) is 0.500. The molecule has 162 valence electrons. The zero-order valence-corrected chi connectivity index (χ0v) is 18.2. The molecule has 1 aliphatic heterocycles. The molecule has 2 fully saturated rings. The first-order valence-corrected chi connectivity index (χ1v) is 11.4. The van der Waals surface area contributed by atoms with Crippen molar-refractivity contribution in [3.8, 4) is 0 Å². The molecule has 1 saturated carbocycles. The van der Waals surface area contributed by atoms with Crippen molar-refractivity contribution in [3.05, 3.63) is 47.2 Å². The van der Waals surface area contributed by atoms with Crippen molar-refractivity contribution in [2.75, 3.05) is 37.2 Å². The van der Waals surface area contributed by atoms with Gasteiger partial charge in [-0.2, -0.15) is 8.42 Å². The van der Waals surface area contributed by atoms with Gasteiger partial charge >= 0.3 is 0 Å². The molecule has 8 nitrogen and oxygen atoms in total. The lowest BCUT2D eigenvalue weighted by Crippen LogP contribution is -2.63. The third-order valence-corrected chi connectivity index (χ3v) is 7.10. The number of nitrogens with one attached hydrogen (secondary N) is 3. The molecule has 0 amide bonds. The van der Waals surface area contributed by atoms with Gasteiger partial charge < -0.3 is 10.2 Å². The molecule has 1 aliphatic carbocycles. The number of halogens is 1. The van der Waals surface area contributed by atoms with Gasteiger partial charge in [-0.3, -0.25) is 9.71 Å². The van der Waals surface area contributed by atoms with E-state index in [2.05, 4.69) is 36.7 Å². The van der Waals surface area contributed by atoms with Gasteiger partial charge in [-0.15, -0.1) is 0 Å². The van der Waals surface area contributed by atoms with Gasteiger partial charge in [0.05, 0.1) is 11.9 Å². The first-order valence-electron chi connectivity index (χ1n) is 9.93. The highest BCUT2D eigenvalue weighted by atomic mass is 32.2. The van der Waals surface area contributed by atoms with Crippen molar-refractivity contribution in [2.45, 2.75) is 32.2 Å². The molecule has 0 bridgehead atoms. The first-order chi connectivity index (χ1) is 14.2. The van der Waals surface area contributed by atoms with Gasteiger partial charge in [0.1, 0.15) is 0 Å². The molecule has 3 heterocycles. The zero-order chi connectivity index (χ0) is 21.5. The van der Waals surface area contributed by atoms with Gasteiger partial charge in [0.15, 0.2) is 11.6 Å². The molecule has 0 unspecified atom stereocenters. The van der Waals surface area contributed by atoms with Crippen LogP contribution < -0.4 is 14.8 Å². The van der Waals surface area contributed by atoms with Gasteiger partial charge in [0.25, 0.3) is 10.2 Å². The van der Waals surface area contributed by atoms with E-state index in [4.69, 9.17) is 0 Å². The molecule has 0 aromatic carbocycles. The van der Waals surface area contributed by atoms with Crippen LogP contribution in [0.15, 0.2) is 24.7 Å². The Labute approximate surface area is 176 Å². The van der Waals surface area contributed by atoms with E-state index >= 15 is 0 Å².